The molecule has 3 rings (SSSR count). The Hall–Kier alpha value is -2.43. The lowest BCUT2D eigenvalue weighted by atomic mass is 9.83. The second kappa shape index (κ2) is 6.83. The van der Waals surface area contributed by atoms with Gasteiger partial charge in [-0.2, -0.15) is 5.26 Å². The van der Waals surface area contributed by atoms with E-state index >= 15 is 0 Å². The molecule has 0 bridgehead atoms. The molecule has 1 aliphatic rings. The van der Waals surface area contributed by atoms with Crippen LogP contribution in [0.5, 0.6) is 0 Å². The lowest BCUT2D eigenvalue weighted by Gasteiger charge is -2.25. The van der Waals surface area contributed by atoms with Gasteiger partial charge in [-0.05, 0) is 35.4 Å². The molecule has 2 heterocycles. The van der Waals surface area contributed by atoms with Gasteiger partial charge >= 0.3 is 7.41 Å². The Kier molecular flexibility index (Phi) is 4.75. The number of aromatic nitrogens is 2. The van der Waals surface area contributed by atoms with Crippen LogP contribution in [-0.4, -0.2) is 43.8 Å². The quantitative estimate of drug-likeness (QED) is 0.466. The highest BCUT2D eigenvalue weighted by atomic mass is 35.5. The fraction of sp³-hybridized carbons (Fsp3) is 0.294. The summed E-state index contributed by atoms with van der Waals surface area (Å²) < 4.78 is 5.39. The van der Waals surface area contributed by atoms with Crippen LogP contribution in [0.15, 0.2) is 24.4 Å². The fourth-order valence-electron chi connectivity index (χ4n) is 3.32. The number of methoxy groups -OCH3 is 1. The largest absolute Gasteiger partial charge is 0.410 e. The minimum absolute atomic E-state index is 0.145. The number of fused-ring (bicyclic) bond motifs is 1. The lowest BCUT2D eigenvalue weighted by molar-refractivity contribution is 0.146. The van der Waals surface area contributed by atoms with Crippen molar-refractivity contribution in [2.24, 2.45) is 0 Å². The third-order valence-electron chi connectivity index (χ3n) is 4.31. The molecule has 6 nitrogen and oxygen atoms in total. The van der Waals surface area contributed by atoms with Crippen LogP contribution < -0.4 is 4.81 Å². The Morgan fingerprint density at radius 2 is 2.36 bits per heavy atom. The van der Waals surface area contributed by atoms with Crippen molar-refractivity contribution in [1.82, 2.24) is 9.97 Å². The first kappa shape index (κ1) is 17.4. The summed E-state index contributed by atoms with van der Waals surface area (Å²) in [5.41, 5.74) is 3.20. The van der Waals surface area contributed by atoms with Gasteiger partial charge in [0.2, 0.25) is 5.28 Å². The summed E-state index contributed by atoms with van der Waals surface area (Å²) in [5, 5.41) is 9.79. The molecule has 0 fully saturated rings. The van der Waals surface area contributed by atoms with Crippen LogP contribution in [0.4, 0.5) is 5.69 Å². The van der Waals surface area contributed by atoms with Gasteiger partial charge in [-0.1, -0.05) is 6.92 Å². The normalized spacial score (nSPS) is 18.6. The molecule has 25 heavy (non-hydrogen) atoms. The number of benzene rings is 1. The van der Waals surface area contributed by atoms with Crippen molar-refractivity contribution in [3.05, 3.63) is 40.8 Å². The predicted molar refractivity (Wildman–Crippen MR) is 96.3 cm³/mol. The van der Waals surface area contributed by atoms with E-state index in [9.17, 15) is 10.1 Å². The molecule has 1 atom stereocenters. The summed E-state index contributed by atoms with van der Waals surface area (Å²) in [4.78, 5) is 20.9. The first-order valence-electron chi connectivity index (χ1n) is 7.64. The smallest absolute Gasteiger partial charge is 0.329 e. The Balaban J connectivity index is 2.22. The number of rotatable bonds is 5. The van der Waals surface area contributed by atoms with Crippen LogP contribution in [0.2, 0.25) is 5.28 Å². The second-order valence-corrected chi connectivity index (χ2v) is 6.49. The van der Waals surface area contributed by atoms with E-state index in [-0.39, 0.29) is 10.7 Å². The highest BCUT2D eigenvalue weighted by molar-refractivity contribution is 6.70. The van der Waals surface area contributed by atoms with E-state index in [1.165, 1.54) is 7.41 Å². The van der Waals surface area contributed by atoms with Crippen molar-refractivity contribution >= 4 is 30.9 Å². The summed E-state index contributed by atoms with van der Waals surface area (Å²) in [6.45, 7) is 3.06. The lowest BCUT2D eigenvalue weighted by Crippen LogP contribution is -2.37. The predicted octanol–water partition coefficient (Wildman–Crippen LogP) is 2.20. The number of ether oxygens (including phenoxy) is 1. The molecule has 0 amide bonds. The minimum atomic E-state index is -0.359. The molecule has 8 heteroatoms. The third kappa shape index (κ3) is 3.11. The zero-order valence-corrected chi connectivity index (χ0v) is 14.6. The molecule has 0 N–H and O–H groups in total. The van der Waals surface area contributed by atoms with E-state index < -0.39 is 0 Å². The monoisotopic (exact) mass is 353 g/mol. The molecule has 125 valence electrons. The van der Waals surface area contributed by atoms with Gasteiger partial charge in [-0.3, -0.25) is 0 Å². The number of nitrogens with zero attached hydrogens (tertiary/aromatic N) is 4. The summed E-state index contributed by atoms with van der Waals surface area (Å²) in [6, 6.07) is 7.70. The number of carbonyl (C=O) groups is 1. The third-order valence-corrected chi connectivity index (χ3v) is 4.49. The van der Waals surface area contributed by atoms with Gasteiger partial charge in [0, 0.05) is 36.5 Å². The number of hydrogen-bond donors (Lipinski definition) is 0. The molecular formula is C17H15BClN4O2. The van der Waals surface area contributed by atoms with Gasteiger partial charge in [0.15, 0.2) is 0 Å². The molecule has 1 radical (unpaired) electrons. The van der Waals surface area contributed by atoms with Crippen molar-refractivity contribution < 1.29 is 9.53 Å². The Labute approximate surface area is 151 Å². The molecule has 1 aromatic heterocycles. The Bertz CT molecular complexity index is 870. The fourth-order valence-corrected chi connectivity index (χ4v) is 3.46. The number of anilines is 1. The molecule has 1 aromatic carbocycles. The van der Waals surface area contributed by atoms with Gasteiger partial charge in [0.05, 0.1) is 17.9 Å². The standard InChI is InChI=1S/C17H15BClN4O2/c1-17(9-25-2)8-23(18-10-24)15-12(7-20)5-11(6-13(15)17)14-3-4-21-16(19)22-14/h3-6,10H,8-9H2,1-2H3/t17-/m1/s1. The number of halogens is 1. The maximum Gasteiger partial charge on any atom is 0.329 e. The van der Waals surface area contributed by atoms with Gasteiger partial charge in [-0.25, -0.2) is 9.97 Å². The van der Waals surface area contributed by atoms with Gasteiger partial charge in [-0.15, -0.1) is 0 Å². The maximum atomic E-state index is 11.0. The molecule has 1 aliphatic heterocycles. The molecule has 0 saturated heterocycles. The number of carbonyl (C=O) groups excluding carboxylic acids is 1. The topological polar surface area (TPSA) is 79.1 Å². The van der Waals surface area contributed by atoms with Crippen molar-refractivity contribution in [3.8, 4) is 17.3 Å². The van der Waals surface area contributed by atoms with Gasteiger partial charge in [0.1, 0.15) is 12.3 Å². The summed E-state index contributed by atoms with van der Waals surface area (Å²) in [7, 11) is 3.08. The maximum absolute atomic E-state index is 11.0. The molecule has 0 spiro atoms. The summed E-state index contributed by atoms with van der Waals surface area (Å²) in [5.74, 6) is 0. The average molecular weight is 354 g/mol. The van der Waals surface area contributed by atoms with Gasteiger partial charge in [0.25, 0.3) is 0 Å². The van der Waals surface area contributed by atoms with Crippen LogP contribution in [0.3, 0.4) is 0 Å². The molecule has 0 saturated carbocycles. The first-order chi connectivity index (χ1) is 12.0. The van der Waals surface area contributed by atoms with E-state index in [0.29, 0.717) is 24.4 Å². The highest BCUT2D eigenvalue weighted by Crippen LogP contribution is 2.44. The minimum Gasteiger partial charge on any atom is -0.410 e. The van der Waals surface area contributed by atoms with Gasteiger partial charge < -0.3 is 14.3 Å². The van der Waals surface area contributed by atoms with Crippen LogP contribution in [0.1, 0.15) is 18.1 Å². The summed E-state index contributed by atoms with van der Waals surface area (Å²) in [6.07, 6.45) is 2.30. The number of nitriles is 1. The van der Waals surface area contributed by atoms with E-state index in [2.05, 4.69) is 16.0 Å². The highest BCUT2D eigenvalue weighted by Gasteiger charge is 2.40. The van der Waals surface area contributed by atoms with Crippen molar-refractivity contribution in [2.75, 3.05) is 25.1 Å². The van der Waals surface area contributed by atoms with E-state index in [0.717, 1.165) is 23.0 Å². The van der Waals surface area contributed by atoms with E-state index in [1.54, 1.807) is 30.3 Å². The molecular weight excluding hydrogens is 338 g/mol. The van der Waals surface area contributed by atoms with Crippen LogP contribution in [-0.2, 0) is 14.9 Å². The van der Waals surface area contributed by atoms with Crippen molar-refractivity contribution in [1.29, 1.82) is 5.26 Å². The first-order valence-corrected chi connectivity index (χ1v) is 8.02. The number of hydrogen-bond acceptors (Lipinski definition) is 6. The van der Waals surface area contributed by atoms with E-state index in [4.69, 9.17) is 16.3 Å². The van der Waals surface area contributed by atoms with Crippen LogP contribution in [0.25, 0.3) is 11.3 Å². The zero-order chi connectivity index (χ0) is 18.0. The molecule has 0 aliphatic carbocycles. The zero-order valence-electron chi connectivity index (χ0n) is 13.9. The van der Waals surface area contributed by atoms with Crippen molar-refractivity contribution in [3.63, 3.8) is 0 Å². The van der Waals surface area contributed by atoms with Crippen LogP contribution >= 0.6 is 11.6 Å². The SMILES string of the molecule is COC[C@@]1(C)CN([B]C=O)c2c(C#N)cc(-c3ccnc(Cl)n3)cc21. The van der Waals surface area contributed by atoms with E-state index in [1.807, 2.05) is 13.0 Å². The average Bonchev–Trinajstić information content (AvgIpc) is 2.87. The molecule has 2 aromatic rings. The summed E-state index contributed by atoms with van der Waals surface area (Å²) >= 11 is 5.90. The van der Waals surface area contributed by atoms with Crippen molar-refractivity contribution in [2.45, 2.75) is 12.3 Å². The Morgan fingerprint density at radius 3 is 3.00 bits per heavy atom. The Morgan fingerprint density at radius 1 is 1.56 bits per heavy atom. The molecule has 0 unspecified atom stereocenters. The second-order valence-electron chi connectivity index (χ2n) is 6.15. The van der Waals surface area contributed by atoms with Crippen LogP contribution in [0, 0.1) is 11.3 Å².